The molecule has 0 aliphatic rings. The zero-order valence-corrected chi connectivity index (χ0v) is 10.4. The number of alkyl halides is 3. The predicted molar refractivity (Wildman–Crippen MR) is 66.8 cm³/mol. The molecule has 2 aromatic rings. The average molecular weight is 267 g/mol. The molecule has 1 N–H and O–H groups in total. The van der Waals surface area contributed by atoms with Gasteiger partial charge < -0.3 is 5.32 Å². The summed E-state index contributed by atoms with van der Waals surface area (Å²) in [6.45, 7) is 1.80. The predicted octanol–water partition coefficient (Wildman–Crippen LogP) is 3.51. The SMILES string of the molecule is CNc1cc(C(F)(F)F)cc(-c2cnccc2C)n1. The fourth-order valence-corrected chi connectivity index (χ4v) is 1.69. The van der Waals surface area contributed by atoms with Crippen LogP contribution in [0.15, 0.2) is 30.6 Å². The summed E-state index contributed by atoms with van der Waals surface area (Å²) in [6, 6.07) is 3.75. The topological polar surface area (TPSA) is 37.8 Å². The smallest absolute Gasteiger partial charge is 0.373 e. The molecule has 0 radical (unpaired) electrons. The van der Waals surface area contributed by atoms with Gasteiger partial charge in [-0.1, -0.05) is 0 Å². The number of halogens is 3. The van der Waals surface area contributed by atoms with Crippen LogP contribution in [0.2, 0.25) is 0 Å². The second kappa shape index (κ2) is 4.87. The van der Waals surface area contributed by atoms with E-state index in [1.165, 1.54) is 13.2 Å². The molecule has 2 aromatic heterocycles. The van der Waals surface area contributed by atoms with Gasteiger partial charge in [-0.15, -0.1) is 0 Å². The fourth-order valence-electron chi connectivity index (χ4n) is 1.69. The van der Waals surface area contributed by atoms with Crippen molar-refractivity contribution in [3.05, 3.63) is 41.7 Å². The molecule has 0 saturated carbocycles. The lowest BCUT2D eigenvalue weighted by atomic mass is 10.1. The molecule has 0 aliphatic heterocycles. The number of pyridine rings is 2. The minimum absolute atomic E-state index is 0.174. The number of hydrogen-bond donors (Lipinski definition) is 1. The molecule has 0 saturated heterocycles. The summed E-state index contributed by atoms with van der Waals surface area (Å²) in [7, 11) is 1.53. The fraction of sp³-hybridized carbons (Fsp3) is 0.231. The Kier molecular flexibility index (Phi) is 3.42. The van der Waals surface area contributed by atoms with Crippen molar-refractivity contribution < 1.29 is 13.2 Å². The van der Waals surface area contributed by atoms with E-state index < -0.39 is 11.7 Å². The van der Waals surface area contributed by atoms with Crippen LogP contribution < -0.4 is 5.32 Å². The molecule has 2 rings (SSSR count). The first-order valence-electron chi connectivity index (χ1n) is 5.60. The average Bonchev–Trinajstić information content (AvgIpc) is 2.37. The molecular weight excluding hydrogens is 255 g/mol. The molecule has 0 spiro atoms. The summed E-state index contributed by atoms with van der Waals surface area (Å²) in [5.74, 6) is 0.174. The molecule has 2 heterocycles. The molecule has 0 aliphatic carbocycles. The highest BCUT2D eigenvalue weighted by Crippen LogP contribution is 2.33. The highest BCUT2D eigenvalue weighted by atomic mass is 19.4. The molecule has 0 unspecified atom stereocenters. The van der Waals surface area contributed by atoms with Gasteiger partial charge in [-0.3, -0.25) is 4.98 Å². The van der Waals surface area contributed by atoms with Crippen molar-refractivity contribution in [1.29, 1.82) is 0 Å². The van der Waals surface area contributed by atoms with Gasteiger partial charge in [-0.25, -0.2) is 4.98 Å². The van der Waals surface area contributed by atoms with Crippen LogP contribution >= 0.6 is 0 Å². The first kappa shape index (κ1) is 13.3. The van der Waals surface area contributed by atoms with E-state index in [4.69, 9.17) is 0 Å². The third kappa shape index (κ3) is 2.83. The van der Waals surface area contributed by atoms with Crippen molar-refractivity contribution in [2.24, 2.45) is 0 Å². The summed E-state index contributed by atoms with van der Waals surface area (Å²) in [5.41, 5.74) is 0.934. The number of hydrogen-bond acceptors (Lipinski definition) is 3. The van der Waals surface area contributed by atoms with Crippen molar-refractivity contribution >= 4 is 5.82 Å². The van der Waals surface area contributed by atoms with Gasteiger partial charge >= 0.3 is 6.18 Å². The van der Waals surface area contributed by atoms with Crippen LogP contribution in [0.3, 0.4) is 0 Å². The third-order valence-corrected chi connectivity index (χ3v) is 2.72. The summed E-state index contributed by atoms with van der Waals surface area (Å²) in [5, 5.41) is 2.64. The Bertz CT molecular complexity index is 594. The zero-order chi connectivity index (χ0) is 14.0. The third-order valence-electron chi connectivity index (χ3n) is 2.72. The molecule has 0 amide bonds. The highest BCUT2D eigenvalue weighted by molar-refractivity contribution is 5.65. The molecule has 100 valence electrons. The number of aryl methyl sites for hydroxylation is 1. The van der Waals surface area contributed by atoms with E-state index >= 15 is 0 Å². The van der Waals surface area contributed by atoms with Crippen LogP contribution in [0.1, 0.15) is 11.1 Å². The number of nitrogens with zero attached hydrogens (tertiary/aromatic N) is 2. The van der Waals surface area contributed by atoms with E-state index in [1.807, 2.05) is 0 Å². The molecule has 3 nitrogen and oxygen atoms in total. The monoisotopic (exact) mass is 267 g/mol. The van der Waals surface area contributed by atoms with Crippen LogP contribution in [0.25, 0.3) is 11.3 Å². The normalized spacial score (nSPS) is 11.4. The first-order valence-corrected chi connectivity index (χ1v) is 5.60. The van der Waals surface area contributed by atoms with E-state index in [0.717, 1.165) is 17.7 Å². The lowest BCUT2D eigenvalue weighted by Crippen LogP contribution is -2.07. The molecule has 0 bridgehead atoms. The summed E-state index contributed by atoms with van der Waals surface area (Å²) < 4.78 is 38.5. The van der Waals surface area contributed by atoms with Gasteiger partial charge in [-0.05, 0) is 30.7 Å². The van der Waals surface area contributed by atoms with Crippen LogP contribution in [0, 0.1) is 6.92 Å². The van der Waals surface area contributed by atoms with Crippen molar-refractivity contribution in [3.63, 3.8) is 0 Å². The van der Waals surface area contributed by atoms with Gasteiger partial charge in [0, 0.05) is 25.0 Å². The van der Waals surface area contributed by atoms with Crippen LogP contribution in [-0.4, -0.2) is 17.0 Å². The molecule has 19 heavy (non-hydrogen) atoms. The number of rotatable bonds is 2. The van der Waals surface area contributed by atoms with Gasteiger partial charge in [0.2, 0.25) is 0 Å². The van der Waals surface area contributed by atoms with E-state index in [1.54, 1.807) is 19.2 Å². The Morgan fingerprint density at radius 3 is 2.53 bits per heavy atom. The maximum Gasteiger partial charge on any atom is 0.416 e. The zero-order valence-electron chi connectivity index (χ0n) is 10.4. The first-order chi connectivity index (χ1) is 8.91. The summed E-state index contributed by atoms with van der Waals surface area (Å²) in [6.07, 6.45) is -1.30. The van der Waals surface area contributed by atoms with E-state index in [9.17, 15) is 13.2 Å². The van der Waals surface area contributed by atoms with Crippen molar-refractivity contribution in [3.8, 4) is 11.3 Å². The Balaban J connectivity index is 2.61. The second-order valence-electron chi connectivity index (χ2n) is 4.06. The van der Waals surface area contributed by atoms with Crippen LogP contribution in [0.4, 0.5) is 19.0 Å². The van der Waals surface area contributed by atoms with Gasteiger partial charge in [0.1, 0.15) is 5.82 Å². The van der Waals surface area contributed by atoms with Crippen LogP contribution in [0.5, 0.6) is 0 Å². The quantitative estimate of drug-likeness (QED) is 0.904. The maximum absolute atomic E-state index is 12.8. The maximum atomic E-state index is 12.8. The number of anilines is 1. The summed E-state index contributed by atoms with van der Waals surface area (Å²) in [4.78, 5) is 8.07. The molecule has 0 aromatic carbocycles. The van der Waals surface area contributed by atoms with Crippen LogP contribution in [-0.2, 0) is 6.18 Å². The molecule has 0 fully saturated rings. The second-order valence-corrected chi connectivity index (χ2v) is 4.06. The summed E-state index contributed by atoms with van der Waals surface area (Å²) >= 11 is 0. The largest absolute Gasteiger partial charge is 0.416 e. The molecule has 0 atom stereocenters. The minimum Gasteiger partial charge on any atom is -0.373 e. The Morgan fingerprint density at radius 2 is 1.95 bits per heavy atom. The van der Waals surface area contributed by atoms with Gasteiger partial charge in [0.05, 0.1) is 11.3 Å². The lowest BCUT2D eigenvalue weighted by molar-refractivity contribution is -0.137. The minimum atomic E-state index is -4.40. The Morgan fingerprint density at radius 1 is 1.21 bits per heavy atom. The van der Waals surface area contributed by atoms with E-state index in [2.05, 4.69) is 15.3 Å². The van der Waals surface area contributed by atoms with E-state index in [-0.39, 0.29) is 11.5 Å². The van der Waals surface area contributed by atoms with Crippen molar-refractivity contribution in [1.82, 2.24) is 9.97 Å². The lowest BCUT2D eigenvalue weighted by Gasteiger charge is -2.12. The Labute approximate surface area is 108 Å². The number of aromatic nitrogens is 2. The van der Waals surface area contributed by atoms with Gasteiger partial charge in [0.25, 0.3) is 0 Å². The molecular formula is C13H12F3N3. The highest BCUT2D eigenvalue weighted by Gasteiger charge is 2.31. The standard InChI is InChI=1S/C13H12F3N3/c1-8-3-4-18-7-10(8)11-5-9(13(14,15)16)6-12(17-2)19-11/h3-7H,1-2H3,(H,17,19). The van der Waals surface area contributed by atoms with Crippen molar-refractivity contribution in [2.45, 2.75) is 13.1 Å². The Hall–Kier alpha value is -2.11. The van der Waals surface area contributed by atoms with Gasteiger partial charge in [0.15, 0.2) is 0 Å². The van der Waals surface area contributed by atoms with E-state index in [0.29, 0.717) is 5.56 Å². The molecule has 6 heteroatoms. The van der Waals surface area contributed by atoms with Gasteiger partial charge in [-0.2, -0.15) is 13.2 Å². The van der Waals surface area contributed by atoms with Crippen molar-refractivity contribution in [2.75, 3.05) is 12.4 Å². The number of nitrogens with one attached hydrogen (secondary N) is 1.